The molecule has 1 aromatic heterocycles. The first-order valence-corrected chi connectivity index (χ1v) is 10.2. The Hall–Kier alpha value is -3.70. The minimum Gasteiger partial charge on any atom is -0.347 e. The van der Waals surface area contributed by atoms with Crippen LogP contribution < -0.4 is 10.2 Å². The van der Waals surface area contributed by atoms with Crippen LogP contribution in [0.2, 0.25) is 5.02 Å². The van der Waals surface area contributed by atoms with E-state index in [9.17, 15) is 4.79 Å². The van der Waals surface area contributed by atoms with E-state index in [4.69, 9.17) is 21.6 Å². The summed E-state index contributed by atoms with van der Waals surface area (Å²) in [5.41, 5.74) is 4.14. The van der Waals surface area contributed by atoms with E-state index in [2.05, 4.69) is 5.32 Å². The average Bonchev–Trinajstić information content (AvgIpc) is 2.80. The topological polar surface area (TPSA) is 58.1 Å². The zero-order valence-electron chi connectivity index (χ0n) is 17.2. The lowest BCUT2D eigenvalue weighted by Crippen LogP contribution is -2.18. The molecule has 0 spiro atoms. The molecule has 3 aromatic carbocycles. The molecule has 0 aliphatic rings. The summed E-state index contributed by atoms with van der Waals surface area (Å²) < 4.78 is 0. The SMILES string of the molecule is CN(C)c1nc(-c2ccccc2)c(NC(=O)c2ccc(Cl)cc2)c(-c2ccccc2)n1. The maximum atomic E-state index is 13.1. The predicted octanol–water partition coefficient (Wildman–Crippen LogP) is 5.78. The van der Waals surface area contributed by atoms with Crippen LogP contribution in [0, 0.1) is 0 Å². The van der Waals surface area contributed by atoms with Crippen molar-refractivity contribution in [1.29, 1.82) is 0 Å². The molecule has 154 valence electrons. The van der Waals surface area contributed by atoms with Crippen molar-refractivity contribution < 1.29 is 4.79 Å². The molecule has 0 bridgehead atoms. The van der Waals surface area contributed by atoms with E-state index < -0.39 is 0 Å². The van der Waals surface area contributed by atoms with Crippen molar-refractivity contribution in [2.75, 3.05) is 24.3 Å². The molecule has 0 radical (unpaired) electrons. The molecule has 0 unspecified atom stereocenters. The molecule has 0 aliphatic carbocycles. The quantitative estimate of drug-likeness (QED) is 0.437. The summed E-state index contributed by atoms with van der Waals surface area (Å²) in [4.78, 5) is 24.5. The van der Waals surface area contributed by atoms with Crippen molar-refractivity contribution in [2.24, 2.45) is 0 Å². The van der Waals surface area contributed by atoms with Gasteiger partial charge in [0.05, 0.1) is 5.69 Å². The standard InChI is InChI=1S/C25H21ClN4O/c1-30(2)25-28-21(17-9-5-3-6-10-17)23(22(29-25)18-11-7-4-8-12-18)27-24(31)19-13-15-20(26)16-14-19/h3-16H,1-2H3,(H,27,31). The van der Waals surface area contributed by atoms with Gasteiger partial charge < -0.3 is 10.2 Å². The number of carbonyl (C=O) groups is 1. The normalized spacial score (nSPS) is 10.5. The number of nitrogens with one attached hydrogen (secondary N) is 1. The molecule has 0 fully saturated rings. The van der Waals surface area contributed by atoms with Gasteiger partial charge in [0.25, 0.3) is 5.91 Å². The molecule has 0 saturated carbocycles. The van der Waals surface area contributed by atoms with Gasteiger partial charge in [0.1, 0.15) is 11.4 Å². The fourth-order valence-corrected chi connectivity index (χ4v) is 3.29. The van der Waals surface area contributed by atoms with Gasteiger partial charge in [-0.15, -0.1) is 0 Å². The lowest BCUT2D eigenvalue weighted by atomic mass is 10.0. The van der Waals surface area contributed by atoms with Crippen molar-refractivity contribution in [3.8, 4) is 22.5 Å². The Labute approximate surface area is 186 Å². The van der Waals surface area contributed by atoms with Crippen molar-refractivity contribution >= 4 is 29.1 Å². The van der Waals surface area contributed by atoms with E-state index in [1.807, 2.05) is 79.7 Å². The number of nitrogens with zero attached hydrogens (tertiary/aromatic N) is 3. The number of amides is 1. The Morgan fingerprint density at radius 1 is 0.774 bits per heavy atom. The summed E-state index contributed by atoms with van der Waals surface area (Å²) in [6.07, 6.45) is 0. The third-order valence-corrected chi connectivity index (χ3v) is 4.99. The maximum Gasteiger partial charge on any atom is 0.255 e. The number of hydrogen-bond acceptors (Lipinski definition) is 4. The van der Waals surface area contributed by atoms with Gasteiger partial charge >= 0.3 is 0 Å². The van der Waals surface area contributed by atoms with Crippen LogP contribution in [0.15, 0.2) is 84.9 Å². The third kappa shape index (κ3) is 4.57. The summed E-state index contributed by atoms with van der Waals surface area (Å²) in [5, 5.41) is 3.63. The molecule has 4 aromatic rings. The molecule has 1 N–H and O–H groups in total. The average molecular weight is 429 g/mol. The molecular weight excluding hydrogens is 408 g/mol. The van der Waals surface area contributed by atoms with E-state index in [-0.39, 0.29) is 5.91 Å². The second-order valence-corrected chi connectivity index (χ2v) is 7.62. The molecule has 0 saturated heterocycles. The number of rotatable bonds is 5. The van der Waals surface area contributed by atoms with Crippen molar-refractivity contribution in [3.63, 3.8) is 0 Å². The van der Waals surface area contributed by atoms with Gasteiger partial charge in [-0.1, -0.05) is 72.3 Å². The fraction of sp³-hybridized carbons (Fsp3) is 0.0800. The van der Waals surface area contributed by atoms with Crippen LogP contribution in [-0.4, -0.2) is 30.0 Å². The summed E-state index contributed by atoms with van der Waals surface area (Å²) >= 11 is 5.98. The Morgan fingerprint density at radius 3 is 1.71 bits per heavy atom. The third-order valence-electron chi connectivity index (χ3n) is 4.74. The molecule has 5 nitrogen and oxygen atoms in total. The van der Waals surface area contributed by atoms with Crippen molar-refractivity contribution in [3.05, 3.63) is 95.5 Å². The van der Waals surface area contributed by atoms with Gasteiger partial charge in [0.2, 0.25) is 5.95 Å². The van der Waals surface area contributed by atoms with E-state index in [0.717, 1.165) is 11.1 Å². The van der Waals surface area contributed by atoms with Gasteiger partial charge in [-0.3, -0.25) is 4.79 Å². The monoisotopic (exact) mass is 428 g/mol. The summed E-state index contributed by atoms with van der Waals surface area (Å²) in [7, 11) is 3.79. The van der Waals surface area contributed by atoms with E-state index >= 15 is 0 Å². The summed E-state index contributed by atoms with van der Waals surface area (Å²) in [6.45, 7) is 0. The molecule has 6 heteroatoms. The second kappa shape index (κ2) is 8.98. The Kier molecular flexibility index (Phi) is 5.96. The summed E-state index contributed by atoms with van der Waals surface area (Å²) in [6, 6.07) is 26.3. The highest BCUT2D eigenvalue weighted by Gasteiger charge is 2.20. The summed E-state index contributed by atoms with van der Waals surface area (Å²) in [5.74, 6) is 0.300. The first-order chi connectivity index (χ1) is 15.0. The highest BCUT2D eigenvalue weighted by atomic mass is 35.5. The highest BCUT2D eigenvalue weighted by molar-refractivity contribution is 6.30. The zero-order valence-corrected chi connectivity index (χ0v) is 18.0. The van der Waals surface area contributed by atoms with Crippen LogP contribution in [0.4, 0.5) is 11.6 Å². The first kappa shape index (κ1) is 20.6. The molecular formula is C25H21ClN4O. The van der Waals surface area contributed by atoms with Gasteiger partial charge in [0.15, 0.2) is 0 Å². The number of hydrogen-bond donors (Lipinski definition) is 1. The lowest BCUT2D eigenvalue weighted by Gasteiger charge is -2.19. The second-order valence-electron chi connectivity index (χ2n) is 7.18. The van der Waals surface area contributed by atoms with Crippen LogP contribution >= 0.6 is 11.6 Å². The highest BCUT2D eigenvalue weighted by Crippen LogP contribution is 2.36. The lowest BCUT2D eigenvalue weighted by molar-refractivity contribution is 0.102. The van der Waals surface area contributed by atoms with Gasteiger partial charge in [-0.2, -0.15) is 0 Å². The Balaban J connectivity index is 1.91. The molecule has 1 amide bonds. The number of halogens is 1. The molecule has 0 atom stereocenters. The van der Waals surface area contributed by atoms with Crippen LogP contribution in [0.3, 0.4) is 0 Å². The molecule has 31 heavy (non-hydrogen) atoms. The molecule has 0 aliphatic heterocycles. The van der Waals surface area contributed by atoms with Gasteiger partial charge in [0, 0.05) is 35.8 Å². The first-order valence-electron chi connectivity index (χ1n) is 9.80. The number of aromatic nitrogens is 2. The van der Waals surface area contributed by atoms with Crippen LogP contribution in [-0.2, 0) is 0 Å². The number of anilines is 2. The predicted molar refractivity (Wildman–Crippen MR) is 127 cm³/mol. The maximum absolute atomic E-state index is 13.1. The Morgan fingerprint density at radius 2 is 1.26 bits per heavy atom. The largest absolute Gasteiger partial charge is 0.347 e. The van der Waals surface area contributed by atoms with Crippen LogP contribution in [0.25, 0.3) is 22.5 Å². The van der Waals surface area contributed by atoms with Gasteiger partial charge in [-0.25, -0.2) is 9.97 Å². The van der Waals surface area contributed by atoms with E-state index in [1.165, 1.54) is 0 Å². The fourth-order valence-electron chi connectivity index (χ4n) is 3.16. The number of carbonyl (C=O) groups excluding carboxylic acids is 1. The van der Waals surface area contributed by atoms with Gasteiger partial charge in [-0.05, 0) is 24.3 Å². The van der Waals surface area contributed by atoms with Crippen molar-refractivity contribution in [2.45, 2.75) is 0 Å². The minimum absolute atomic E-state index is 0.257. The van der Waals surface area contributed by atoms with Crippen molar-refractivity contribution in [1.82, 2.24) is 9.97 Å². The molecule has 4 rings (SSSR count). The Bertz CT molecular complexity index is 1130. The number of benzene rings is 3. The minimum atomic E-state index is -0.257. The van der Waals surface area contributed by atoms with Crippen LogP contribution in [0.5, 0.6) is 0 Å². The smallest absolute Gasteiger partial charge is 0.255 e. The van der Waals surface area contributed by atoms with Crippen LogP contribution in [0.1, 0.15) is 10.4 Å². The zero-order chi connectivity index (χ0) is 21.8. The van der Waals surface area contributed by atoms with E-state index in [1.54, 1.807) is 24.3 Å². The molecule has 1 heterocycles. The van der Waals surface area contributed by atoms with E-state index in [0.29, 0.717) is 33.6 Å².